The summed E-state index contributed by atoms with van der Waals surface area (Å²) in [5, 5.41) is 0. The summed E-state index contributed by atoms with van der Waals surface area (Å²) in [5.74, 6) is 0.822. The van der Waals surface area contributed by atoms with E-state index in [-0.39, 0.29) is 11.8 Å². The standard InChI is InChI=1S/C9H19NO/c1-7(2)5-4-6-9(10)8(3)11/h7,9H,4-6,10H2,1-3H3. The van der Waals surface area contributed by atoms with E-state index in [1.54, 1.807) is 6.92 Å². The maximum atomic E-state index is 10.7. The van der Waals surface area contributed by atoms with Crippen LogP contribution in [-0.2, 0) is 4.79 Å². The molecule has 1 unspecified atom stereocenters. The fraction of sp³-hybridized carbons (Fsp3) is 0.889. The van der Waals surface area contributed by atoms with E-state index in [9.17, 15) is 4.79 Å². The van der Waals surface area contributed by atoms with Gasteiger partial charge in [0.2, 0.25) is 0 Å². The van der Waals surface area contributed by atoms with E-state index in [2.05, 4.69) is 13.8 Å². The molecule has 0 spiro atoms. The van der Waals surface area contributed by atoms with Crippen molar-refractivity contribution in [3.05, 3.63) is 0 Å². The molecular weight excluding hydrogens is 138 g/mol. The summed E-state index contributed by atoms with van der Waals surface area (Å²) in [4.78, 5) is 10.7. The van der Waals surface area contributed by atoms with Crippen LogP contribution in [0.4, 0.5) is 0 Å². The van der Waals surface area contributed by atoms with Crippen LogP contribution >= 0.6 is 0 Å². The largest absolute Gasteiger partial charge is 0.322 e. The first-order valence-electron chi connectivity index (χ1n) is 4.30. The molecule has 2 nitrogen and oxygen atoms in total. The topological polar surface area (TPSA) is 43.1 Å². The first-order chi connectivity index (χ1) is 5.04. The molecule has 0 bridgehead atoms. The average molecular weight is 157 g/mol. The van der Waals surface area contributed by atoms with Gasteiger partial charge < -0.3 is 5.73 Å². The van der Waals surface area contributed by atoms with E-state index >= 15 is 0 Å². The van der Waals surface area contributed by atoms with Crippen molar-refractivity contribution in [1.82, 2.24) is 0 Å². The van der Waals surface area contributed by atoms with Crippen molar-refractivity contribution in [1.29, 1.82) is 0 Å². The minimum absolute atomic E-state index is 0.105. The second-order valence-electron chi connectivity index (χ2n) is 3.54. The Balaban J connectivity index is 3.31. The van der Waals surface area contributed by atoms with Gasteiger partial charge in [0, 0.05) is 0 Å². The predicted molar refractivity (Wildman–Crippen MR) is 47.3 cm³/mol. The third-order valence-corrected chi connectivity index (χ3v) is 1.82. The van der Waals surface area contributed by atoms with E-state index in [4.69, 9.17) is 5.73 Å². The number of hydrogen-bond donors (Lipinski definition) is 1. The van der Waals surface area contributed by atoms with Crippen molar-refractivity contribution in [2.24, 2.45) is 11.7 Å². The molecule has 0 saturated heterocycles. The Labute approximate surface area is 69.2 Å². The first kappa shape index (κ1) is 10.6. The zero-order valence-corrected chi connectivity index (χ0v) is 7.76. The summed E-state index contributed by atoms with van der Waals surface area (Å²) >= 11 is 0. The Kier molecular flexibility index (Phi) is 5.12. The zero-order chi connectivity index (χ0) is 8.85. The number of Topliss-reactive ketones (excluding diaryl/α,β-unsaturated/α-hetero) is 1. The van der Waals surface area contributed by atoms with Crippen LogP contribution in [0.25, 0.3) is 0 Å². The molecule has 0 radical (unpaired) electrons. The van der Waals surface area contributed by atoms with Crippen LogP contribution in [0.2, 0.25) is 0 Å². The molecule has 2 N–H and O–H groups in total. The Morgan fingerprint density at radius 2 is 1.91 bits per heavy atom. The normalized spacial score (nSPS) is 13.5. The molecule has 0 aromatic heterocycles. The minimum atomic E-state index is -0.228. The van der Waals surface area contributed by atoms with E-state index < -0.39 is 0 Å². The number of carbonyl (C=O) groups is 1. The van der Waals surface area contributed by atoms with Gasteiger partial charge in [-0.1, -0.05) is 26.7 Å². The van der Waals surface area contributed by atoms with Gasteiger partial charge in [0.15, 0.2) is 0 Å². The lowest BCUT2D eigenvalue weighted by atomic mass is 10.0. The molecule has 0 aromatic rings. The molecule has 0 saturated carbocycles. The van der Waals surface area contributed by atoms with Crippen LogP contribution in [0.5, 0.6) is 0 Å². The van der Waals surface area contributed by atoms with Crippen molar-refractivity contribution < 1.29 is 4.79 Å². The van der Waals surface area contributed by atoms with Crippen molar-refractivity contribution in [2.75, 3.05) is 0 Å². The Morgan fingerprint density at radius 1 is 1.36 bits per heavy atom. The molecule has 0 heterocycles. The summed E-state index contributed by atoms with van der Waals surface area (Å²) in [6, 6.07) is -0.228. The number of rotatable bonds is 5. The van der Waals surface area contributed by atoms with E-state index in [0.717, 1.165) is 12.8 Å². The van der Waals surface area contributed by atoms with Crippen molar-refractivity contribution in [3.63, 3.8) is 0 Å². The van der Waals surface area contributed by atoms with Gasteiger partial charge in [-0.3, -0.25) is 4.79 Å². The second-order valence-corrected chi connectivity index (χ2v) is 3.54. The van der Waals surface area contributed by atoms with E-state index in [1.807, 2.05) is 0 Å². The van der Waals surface area contributed by atoms with E-state index in [1.165, 1.54) is 6.42 Å². The molecule has 0 amide bonds. The Morgan fingerprint density at radius 3 is 2.27 bits per heavy atom. The fourth-order valence-electron chi connectivity index (χ4n) is 0.949. The molecule has 66 valence electrons. The van der Waals surface area contributed by atoms with Crippen molar-refractivity contribution >= 4 is 5.78 Å². The molecule has 0 fully saturated rings. The number of nitrogens with two attached hydrogens (primary N) is 1. The highest BCUT2D eigenvalue weighted by Gasteiger charge is 2.06. The average Bonchev–Trinajstić information content (AvgIpc) is 1.86. The van der Waals surface area contributed by atoms with Crippen LogP contribution in [0, 0.1) is 5.92 Å². The molecule has 0 aliphatic heterocycles. The highest BCUT2D eigenvalue weighted by atomic mass is 16.1. The van der Waals surface area contributed by atoms with Crippen molar-refractivity contribution in [3.8, 4) is 0 Å². The van der Waals surface area contributed by atoms with Gasteiger partial charge in [0.25, 0.3) is 0 Å². The number of ketones is 1. The quantitative estimate of drug-likeness (QED) is 0.660. The van der Waals surface area contributed by atoms with Crippen LogP contribution < -0.4 is 5.73 Å². The van der Waals surface area contributed by atoms with Gasteiger partial charge >= 0.3 is 0 Å². The fourth-order valence-corrected chi connectivity index (χ4v) is 0.949. The van der Waals surface area contributed by atoms with Crippen LogP contribution in [-0.4, -0.2) is 11.8 Å². The third kappa shape index (κ3) is 6.05. The molecule has 0 aliphatic rings. The van der Waals surface area contributed by atoms with Gasteiger partial charge in [-0.25, -0.2) is 0 Å². The maximum absolute atomic E-state index is 10.7. The monoisotopic (exact) mass is 157 g/mol. The summed E-state index contributed by atoms with van der Waals surface area (Å²) in [6.07, 6.45) is 3.08. The highest BCUT2D eigenvalue weighted by molar-refractivity contribution is 5.80. The first-order valence-corrected chi connectivity index (χ1v) is 4.30. The zero-order valence-electron chi connectivity index (χ0n) is 7.76. The lowest BCUT2D eigenvalue weighted by Crippen LogP contribution is -2.27. The molecule has 2 heteroatoms. The van der Waals surface area contributed by atoms with Crippen molar-refractivity contribution in [2.45, 2.75) is 46.1 Å². The van der Waals surface area contributed by atoms with E-state index in [0.29, 0.717) is 5.92 Å². The van der Waals surface area contributed by atoms with Gasteiger partial charge in [0.05, 0.1) is 6.04 Å². The predicted octanol–water partition coefficient (Wildman–Crippen LogP) is 1.73. The number of carbonyl (C=O) groups excluding carboxylic acids is 1. The number of hydrogen-bond acceptors (Lipinski definition) is 2. The van der Waals surface area contributed by atoms with Gasteiger partial charge in [-0.2, -0.15) is 0 Å². The second kappa shape index (κ2) is 5.30. The lowest BCUT2D eigenvalue weighted by molar-refractivity contribution is -0.118. The Hall–Kier alpha value is -0.370. The third-order valence-electron chi connectivity index (χ3n) is 1.82. The van der Waals surface area contributed by atoms with Gasteiger partial charge in [-0.15, -0.1) is 0 Å². The SMILES string of the molecule is CC(=O)C(N)CCCC(C)C. The molecule has 0 aromatic carbocycles. The summed E-state index contributed by atoms with van der Waals surface area (Å²) in [5.41, 5.74) is 5.55. The summed E-state index contributed by atoms with van der Waals surface area (Å²) in [6.45, 7) is 5.92. The van der Waals surface area contributed by atoms with Crippen LogP contribution in [0.1, 0.15) is 40.0 Å². The smallest absolute Gasteiger partial charge is 0.146 e. The van der Waals surface area contributed by atoms with Gasteiger partial charge in [-0.05, 0) is 19.3 Å². The summed E-state index contributed by atoms with van der Waals surface area (Å²) < 4.78 is 0. The minimum Gasteiger partial charge on any atom is -0.322 e. The molecule has 0 aliphatic carbocycles. The highest BCUT2D eigenvalue weighted by Crippen LogP contribution is 2.07. The molecular formula is C9H19NO. The lowest BCUT2D eigenvalue weighted by Gasteiger charge is -2.08. The summed E-state index contributed by atoms with van der Waals surface area (Å²) in [7, 11) is 0. The molecule has 0 rings (SSSR count). The molecule has 1 atom stereocenters. The maximum Gasteiger partial charge on any atom is 0.146 e. The van der Waals surface area contributed by atoms with Crippen LogP contribution in [0.3, 0.4) is 0 Å². The van der Waals surface area contributed by atoms with Gasteiger partial charge in [0.1, 0.15) is 5.78 Å². The molecule has 11 heavy (non-hydrogen) atoms. The Bertz CT molecular complexity index is 121. The van der Waals surface area contributed by atoms with Crippen LogP contribution in [0.15, 0.2) is 0 Å².